The highest BCUT2D eigenvalue weighted by molar-refractivity contribution is 7.96. The first-order valence-electron chi connectivity index (χ1n) is 4.28. The minimum absolute atomic E-state index is 0.367. The maximum atomic E-state index is 11.1. The summed E-state index contributed by atoms with van der Waals surface area (Å²) in [6, 6.07) is 3.47. The molecule has 82 valence electrons. The summed E-state index contributed by atoms with van der Waals surface area (Å²) >= 11 is 9.71. The summed E-state index contributed by atoms with van der Waals surface area (Å²) in [5.41, 5.74) is 1.50. The number of rotatable bonds is 2. The van der Waals surface area contributed by atoms with Crippen molar-refractivity contribution >= 4 is 35.2 Å². The van der Waals surface area contributed by atoms with Gasteiger partial charge in [-0.05, 0) is 24.6 Å². The summed E-state index contributed by atoms with van der Waals surface area (Å²) in [6.07, 6.45) is 0. The molecule has 1 aromatic carbocycles. The Kier molecular flexibility index (Phi) is 3.88. The van der Waals surface area contributed by atoms with Gasteiger partial charge in [0.05, 0.1) is 12.8 Å². The number of carbonyl (C=O) groups is 1. The number of ether oxygens (including phenoxy) is 1. The van der Waals surface area contributed by atoms with E-state index in [1.54, 1.807) is 26.3 Å². The van der Waals surface area contributed by atoms with Crippen LogP contribution < -0.4 is 9.64 Å². The summed E-state index contributed by atoms with van der Waals surface area (Å²) in [5, 5.41) is 0.223. The second kappa shape index (κ2) is 4.77. The molecule has 0 saturated carbocycles. The molecule has 0 radical (unpaired) electrons. The zero-order chi connectivity index (χ0) is 11.6. The Morgan fingerprint density at radius 3 is 2.60 bits per heavy atom. The van der Waals surface area contributed by atoms with Gasteiger partial charge in [0.25, 0.3) is 5.24 Å². The van der Waals surface area contributed by atoms with E-state index in [0.29, 0.717) is 16.5 Å². The summed E-state index contributed by atoms with van der Waals surface area (Å²) < 4.78 is 5.17. The van der Waals surface area contributed by atoms with Crippen molar-refractivity contribution in [1.82, 2.24) is 0 Å². The smallest absolute Gasteiger partial charge is 0.282 e. The van der Waals surface area contributed by atoms with E-state index in [1.807, 2.05) is 6.92 Å². The second-order valence-corrected chi connectivity index (χ2v) is 3.90. The van der Waals surface area contributed by atoms with Gasteiger partial charge in [-0.15, -0.1) is 0 Å². The van der Waals surface area contributed by atoms with Gasteiger partial charge < -0.3 is 9.64 Å². The molecule has 0 aromatic heterocycles. The van der Waals surface area contributed by atoms with E-state index >= 15 is 0 Å². The van der Waals surface area contributed by atoms with Crippen LogP contribution in [0, 0.1) is 6.92 Å². The van der Waals surface area contributed by atoms with Crippen molar-refractivity contribution in [3.05, 3.63) is 22.7 Å². The molecule has 3 nitrogen and oxygen atoms in total. The predicted octanol–water partition coefficient (Wildman–Crippen LogP) is 3.14. The lowest BCUT2D eigenvalue weighted by atomic mass is 10.2. The first kappa shape index (κ1) is 12.2. The highest BCUT2D eigenvalue weighted by Gasteiger charge is 2.14. The van der Waals surface area contributed by atoms with Crippen LogP contribution in [0.3, 0.4) is 0 Å². The van der Waals surface area contributed by atoms with Gasteiger partial charge in [-0.1, -0.05) is 24.2 Å². The van der Waals surface area contributed by atoms with Gasteiger partial charge in [0.15, 0.2) is 0 Å². The van der Waals surface area contributed by atoms with E-state index in [1.165, 1.54) is 4.90 Å². The van der Waals surface area contributed by atoms with Crippen molar-refractivity contribution in [2.24, 2.45) is 0 Å². The van der Waals surface area contributed by atoms with Gasteiger partial charge in [-0.25, -0.2) is 0 Å². The third kappa shape index (κ3) is 2.58. The Balaban J connectivity index is 3.27. The van der Waals surface area contributed by atoms with Crippen LogP contribution >= 0.6 is 24.2 Å². The number of thiol groups is 1. The van der Waals surface area contributed by atoms with Crippen molar-refractivity contribution in [1.29, 1.82) is 0 Å². The lowest BCUT2D eigenvalue weighted by Gasteiger charge is -2.18. The fourth-order valence-electron chi connectivity index (χ4n) is 1.17. The van der Waals surface area contributed by atoms with Crippen molar-refractivity contribution in [2.75, 3.05) is 19.1 Å². The molecule has 0 aliphatic rings. The number of aryl methyl sites for hydroxylation is 1. The molecule has 0 heterocycles. The van der Waals surface area contributed by atoms with Crippen molar-refractivity contribution in [3.8, 4) is 5.75 Å². The number of anilines is 1. The molecule has 15 heavy (non-hydrogen) atoms. The predicted molar refractivity (Wildman–Crippen MR) is 65.5 cm³/mol. The zero-order valence-corrected chi connectivity index (χ0v) is 10.4. The second-order valence-electron chi connectivity index (χ2n) is 3.11. The van der Waals surface area contributed by atoms with Gasteiger partial charge >= 0.3 is 0 Å². The molecular formula is C10H12ClNO2S. The van der Waals surface area contributed by atoms with Crippen molar-refractivity contribution in [3.63, 3.8) is 0 Å². The number of hydrogen-bond donors (Lipinski definition) is 1. The van der Waals surface area contributed by atoms with E-state index in [4.69, 9.17) is 16.3 Å². The number of halogens is 1. The summed E-state index contributed by atoms with van der Waals surface area (Å²) in [5.74, 6) is 0.599. The third-order valence-electron chi connectivity index (χ3n) is 2.11. The number of nitrogens with zero attached hydrogens (tertiary/aromatic N) is 1. The van der Waals surface area contributed by atoms with Gasteiger partial charge in [-0.2, -0.15) is 0 Å². The third-order valence-corrected chi connectivity index (χ3v) is 2.82. The Labute approximate surface area is 99.4 Å². The minimum Gasteiger partial charge on any atom is -0.495 e. The van der Waals surface area contributed by atoms with Crippen LogP contribution in [-0.4, -0.2) is 19.4 Å². The lowest BCUT2D eigenvalue weighted by Crippen LogP contribution is -2.20. The average molecular weight is 246 g/mol. The lowest BCUT2D eigenvalue weighted by molar-refractivity contribution is 0.266. The molecule has 0 unspecified atom stereocenters. The first-order chi connectivity index (χ1) is 6.97. The van der Waals surface area contributed by atoms with Gasteiger partial charge in [0, 0.05) is 12.1 Å². The number of methoxy groups -OCH3 is 1. The number of benzene rings is 1. The van der Waals surface area contributed by atoms with Gasteiger partial charge in [0.2, 0.25) is 0 Å². The molecule has 0 aliphatic carbocycles. The Morgan fingerprint density at radius 1 is 1.53 bits per heavy atom. The molecule has 0 saturated heterocycles. The molecule has 0 fully saturated rings. The molecule has 1 aromatic rings. The standard InChI is InChI=1S/C10H12ClNO2S/c1-6-4-9(14-3)8(5-7(6)11)12(2)10(13)15/h4-5H,1-3H3,(H,13,15). The SMILES string of the molecule is COc1cc(C)c(Cl)cc1N(C)C(=O)S. The monoisotopic (exact) mass is 245 g/mol. The van der Waals surface area contributed by atoms with Crippen LogP contribution in [0.15, 0.2) is 12.1 Å². The largest absolute Gasteiger partial charge is 0.495 e. The van der Waals surface area contributed by atoms with Crippen LogP contribution in [0.4, 0.5) is 10.5 Å². The van der Waals surface area contributed by atoms with E-state index < -0.39 is 0 Å². The van der Waals surface area contributed by atoms with E-state index in [9.17, 15) is 4.79 Å². The number of hydrogen-bond acceptors (Lipinski definition) is 2. The number of carbonyl (C=O) groups excluding carboxylic acids is 1. The maximum Gasteiger partial charge on any atom is 0.282 e. The molecule has 0 N–H and O–H groups in total. The Bertz CT molecular complexity index is 395. The topological polar surface area (TPSA) is 29.5 Å². The van der Waals surface area contributed by atoms with Crippen LogP contribution in [-0.2, 0) is 0 Å². The van der Waals surface area contributed by atoms with E-state index in [-0.39, 0.29) is 5.24 Å². The highest BCUT2D eigenvalue weighted by Crippen LogP contribution is 2.33. The zero-order valence-electron chi connectivity index (χ0n) is 8.74. The fourth-order valence-corrected chi connectivity index (χ4v) is 1.44. The molecular weight excluding hydrogens is 234 g/mol. The van der Waals surface area contributed by atoms with Gasteiger partial charge in [-0.3, -0.25) is 4.79 Å². The molecule has 0 spiro atoms. The Morgan fingerprint density at radius 2 is 2.13 bits per heavy atom. The highest BCUT2D eigenvalue weighted by atomic mass is 35.5. The number of amides is 1. The molecule has 0 aliphatic heterocycles. The van der Waals surface area contributed by atoms with E-state index in [0.717, 1.165) is 5.56 Å². The van der Waals surface area contributed by atoms with Crippen molar-refractivity contribution < 1.29 is 9.53 Å². The summed E-state index contributed by atoms with van der Waals surface area (Å²) in [7, 11) is 3.15. The van der Waals surface area contributed by atoms with Crippen molar-refractivity contribution in [2.45, 2.75) is 6.92 Å². The Hall–Kier alpha value is -0.870. The molecule has 1 amide bonds. The summed E-state index contributed by atoms with van der Waals surface area (Å²) in [4.78, 5) is 12.5. The first-order valence-corrected chi connectivity index (χ1v) is 5.10. The van der Waals surface area contributed by atoms with Gasteiger partial charge in [0.1, 0.15) is 5.75 Å². The van der Waals surface area contributed by atoms with E-state index in [2.05, 4.69) is 12.6 Å². The maximum absolute atomic E-state index is 11.1. The average Bonchev–Trinajstić information content (AvgIpc) is 2.20. The quantitative estimate of drug-likeness (QED) is 0.812. The molecule has 0 bridgehead atoms. The molecule has 0 atom stereocenters. The molecule has 1 rings (SSSR count). The van der Waals surface area contributed by atoms with Crippen LogP contribution in [0.2, 0.25) is 5.02 Å². The minimum atomic E-state index is -0.367. The van der Waals surface area contributed by atoms with Crippen LogP contribution in [0.25, 0.3) is 0 Å². The van der Waals surface area contributed by atoms with Crippen LogP contribution in [0.5, 0.6) is 5.75 Å². The summed E-state index contributed by atoms with van der Waals surface area (Å²) in [6.45, 7) is 1.87. The fraction of sp³-hybridized carbons (Fsp3) is 0.300. The normalized spacial score (nSPS) is 9.93. The van der Waals surface area contributed by atoms with Crippen LogP contribution in [0.1, 0.15) is 5.56 Å². The molecule has 5 heteroatoms.